The first-order chi connectivity index (χ1) is 24.9. The lowest BCUT2D eigenvalue weighted by atomic mass is 9.92. The van der Waals surface area contributed by atoms with E-state index in [1.807, 2.05) is 63.5 Å². The van der Waals surface area contributed by atoms with Gasteiger partial charge in [-0.05, 0) is 54.5 Å². The van der Waals surface area contributed by atoms with Crippen molar-refractivity contribution in [1.29, 1.82) is 0 Å². The minimum Gasteiger partial charge on any atom is -0.480 e. The Morgan fingerprint density at radius 2 is 1.13 bits per heavy atom. The van der Waals surface area contributed by atoms with Crippen molar-refractivity contribution in [2.24, 2.45) is 11.3 Å². The summed E-state index contributed by atoms with van der Waals surface area (Å²) in [4.78, 5) is 79.0. The van der Waals surface area contributed by atoms with Crippen molar-refractivity contribution >= 4 is 47.1 Å². The number of piperazine rings is 1. The van der Waals surface area contributed by atoms with Gasteiger partial charge >= 0.3 is 18.0 Å². The molecule has 1 saturated heterocycles. The molecule has 7 N–H and O–H groups in total. The molecule has 1 aliphatic rings. The van der Waals surface area contributed by atoms with Gasteiger partial charge in [-0.15, -0.1) is 0 Å². The van der Waals surface area contributed by atoms with E-state index in [4.69, 9.17) is 0 Å². The molecule has 3 unspecified atom stereocenters. The van der Waals surface area contributed by atoms with Gasteiger partial charge in [-0.3, -0.25) is 24.2 Å². The number of hydrogen-bond acceptors (Lipinski definition) is 8. The molecule has 0 radical (unpaired) electrons. The number of hydrogen-bond donors (Lipinski definition) is 7. The Morgan fingerprint density at radius 1 is 0.679 bits per heavy atom. The van der Waals surface area contributed by atoms with E-state index >= 15 is 0 Å². The van der Waals surface area contributed by atoms with Crippen LogP contribution in [0.5, 0.6) is 0 Å². The molecule has 3 rings (SSSR count). The number of nitrogens with one attached hydrogen (secondary N) is 5. The normalized spacial score (nSPS) is 15.5. The minimum atomic E-state index is -1.24. The Labute approximate surface area is 311 Å². The molecule has 2 aromatic carbocycles. The van der Waals surface area contributed by atoms with Gasteiger partial charge in [0.1, 0.15) is 18.1 Å². The standard InChI is InChI=1S/C38H55N7O8/c1-24(2)19-29(41-32(46)20-26-9-13-28(14-10-26)40-37(53)39-27-11-7-25(3)8-12-27)34(48)43-31(36(51)52)23-45-17-15-44(16-18-45)22-30(35(49)50)42-33(47)21-38(4,5)6/h7-14,24,29-31H,15-23H2,1-6H3,(H,41,46)(H,42,47)(H,43,48)(H,49,50)(H,51,52)(H2,39,40,53). The number of nitrogens with zero attached hydrogens (tertiary/aromatic N) is 2. The third kappa shape index (κ3) is 15.6. The smallest absolute Gasteiger partial charge is 0.327 e. The van der Waals surface area contributed by atoms with Gasteiger partial charge in [0.15, 0.2) is 0 Å². The number of carboxylic acids is 2. The van der Waals surface area contributed by atoms with Gasteiger partial charge in [-0.1, -0.05) is 64.4 Å². The van der Waals surface area contributed by atoms with E-state index in [1.165, 1.54) is 0 Å². The molecular weight excluding hydrogens is 682 g/mol. The number of carbonyl (C=O) groups is 6. The Bertz CT molecular complexity index is 1570. The Balaban J connectivity index is 1.50. The molecule has 5 amide bonds. The molecule has 1 fully saturated rings. The van der Waals surface area contributed by atoms with E-state index in [1.54, 1.807) is 36.4 Å². The molecule has 15 nitrogen and oxygen atoms in total. The zero-order valence-electron chi connectivity index (χ0n) is 31.5. The second kappa shape index (κ2) is 19.7. The molecule has 1 aliphatic heterocycles. The molecule has 0 aromatic heterocycles. The highest BCUT2D eigenvalue weighted by Crippen LogP contribution is 2.18. The summed E-state index contributed by atoms with van der Waals surface area (Å²) in [6.07, 6.45) is 0.449. The fourth-order valence-corrected chi connectivity index (χ4v) is 5.81. The molecule has 290 valence electrons. The number of benzene rings is 2. The van der Waals surface area contributed by atoms with Crippen molar-refractivity contribution < 1.29 is 39.0 Å². The summed E-state index contributed by atoms with van der Waals surface area (Å²) in [5.74, 6) is -3.68. The molecule has 53 heavy (non-hydrogen) atoms. The van der Waals surface area contributed by atoms with Gasteiger partial charge in [-0.2, -0.15) is 0 Å². The highest BCUT2D eigenvalue weighted by molar-refractivity contribution is 5.99. The predicted octanol–water partition coefficient (Wildman–Crippen LogP) is 2.91. The van der Waals surface area contributed by atoms with E-state index in [2.05, 4.69) is 26.6 Å². The van der Waals surface area contributed by atoms with Gasteiger partial charge in [0.05, 0.1) is 6.42 Å². The molecule has 0 saturated carbocycles. The Morgan fingerprint density at radius 3 is 1.58 bits per heavy atom. The number of aryl methyl sites for hydroxylation is 1. The predicted molar refractivity (Wildman–Crippen MR) is 201 cm³/mol. The molecule has 0 spiro atoms. The van der Waals surface area contributed by atoms with Crippen molar-refractivity contribution in [2.45, 2.75) is 78.9 Å². The van der Waals surface area contributed by atoms with Crippen LogP contribution >= 0.6 is 0 Å². The fraction of sp³-hybridized carbons (Fsp3) is 0.526. The van der Waals surface area contributed by atoms with Crippen LogP contribution in [0.3, 0.4) is 0 Å². The maximum Gasteiger partial charge on any atom is 0.327 e. The van der Waals surface area contributed by atoms with Crippen molar-refractivity contribution in [1.82, 2.24) is 25.8 Å². The lowest BCUT2D eigenvalue weighted by Crippen LogP contribution is -2.58. The Hall–Kier alpha value is -5.02. The van der Waals surface area contributed by atoms with Crippen molar-refractivity contribution in [3.05, 3.63) is 59.7 Å². The first-order valence-corrected chi connectivity index (χ1v) is 17.9. The third-order valence-electron chi connectivity index (χ3n) is 8.53. The topological polar surface area (TPSA) is 210 Å². The molecule has 3 atom stereocenters. The summed E-state index contributed by atoms with van der Waals surface area (Å²) < 4.78 is 0. The number of anilines is 2. The van der Waals surface area contributed by atoms with Crippen LogP contribution in [0.2, 0.25) is 0 Å². The molecule has 1 heterocycles. The summed E-state index contributed by atoms with van der Waals surface area (Å²) >= 11 is 0. The van der Waals surface area contributed by atoms with Gasteiger partial charge in [-0.25, -0.2) is 14.4 Å². The van der Waals surface area contributed by atoms with E-state index in [0.717, 1.165) is 5.56 Å². The minimum absolute atomic E-state index is 0.0192. The third-order valence-corrected chi connectivity index (χ3v) is 8.53. The van der Waals surface area contributed by atoms with E-state index in [0.29, 0.717) is 49.5 Å². The summed E-state index contributed by atoms with van der Waals surface area (Å²) in [5, 5.41) is 33.1. The van der Waals surface area contributed by atoms with Crippen LogP contribution in [-0.2, 0) is 30.4 Å². The SMILES string of the molecule is Cc1ccc(NC(=O)Nc2ccc(CC(=O)NC(CC(C)C)C(=O)NC(CN3CCN(CC(NC(=O)CC(C)(C)C)C(=O)O)CC3)C(=O)O)cc2)cc1. The van der Waals surface area contributed by atoms with Crippen LogP contribution in [0.4, 0.5) is 16.2 Å². The number of carbonyl (C=O) groups excluding carboxylic acids is 4. The monoisotopic (exact) mass is 737 g/mol. The zero-order chi connectivity index (χ0) is 39.3. The number of aliphatic carboxylic acids is 2. The van der Waals surface area contributed by atoms with Crippen molar-refractivity contribution in [3.63, 3.8) is 0 Å². The number of rotatable bonds is 17. The molecular formula is C38H55N7O8. The van der Waals surface area contributed by atoms with Gasteiger partial charge in [0.25, 0.3) is 0 Å². The van der Waals surface area contributed by atoms with Gasteiger partial charge < -0.3 is 36.8 Å². The average Bonchev–Trinajstić information content (AvgIpc) is 3.05. The zero-order valence-corrected chi connectivity index (χ0v) is 31.5. The summed E-state index contributed by atoms with van der Waals surface area (Å²) in [6.45, 7) is 13.3. The maximum atomic E-state index is 13.4. The van der Waals surface area contributed by atoms with Crippen molar-refractivity contribution in [2.75, 3.05) is 49.9 Å². The lowest BCUT2D eigenvalue weighted by molar-refractivity contribution is -0.143. The van der Waals surface area contributed by atoms with Crippen LogP contribution in [0.15, 0.2) is 48.5 Å². The highest BCUT2D eigenvalue weighted by Gasteiger charge is 2.31. The van der Waals surface area contributed by atoms with Crippen LogP contribution in [0.25, 0.3) is 0 Å². The first kappa shape index (κ1) is 42.4. The molecule has 15 heteroatoms. The van der Waals surface area contributed by atoms with Gasteiger partial charge in [0, 0.05) is 57.1 Å². The quantitative estimate of drug-likeness (QED) is 0.126. The Kier molecular flexibility index (Phi) is 15.8. The second-order valence-corrected chi connectivity index (χ2v) is 15.3. The summed E-state index contributed by atoms with van der Waals surface area (Å²) in [5.41, 5.74) is 2.62. The number of amides is 5. The van der Waals surface area contributed by atoms with Crippen LogP contribution < -0.4 is 26.6 Å². The van der Waals surface area contributed by atoms with E-state index < -0.39 is 47.9 Å². The van der Waals surface area contributed by atoms with Crippen LogP contribution in [0, 0.1) is 18.3 Å². The summed E-state index contributed by atoms with van der Waals surface area (Å²) in [7, 11) is 0. The maximum absolute atomic E-state index is 13.4. The lowest BCUT2D eigenvalue weighted by Gasteiger charge is -2.37. The van der Waals surface area contributed by atoms with Crippen LogP contribution in [-0.4, -0.2) is 113 Å². The van der Waals surface area contributed by atoms with E-state index in [-0.39, 0.29) is 43.2 Å². The van der Waals surface area contributed by atoms with Crippen molar-refractivity contribution in [3.8, 4) is 0 Å². The molecule has 0 aliphatic carbocycles. The largest absolute Gasteiger partial charge is 0.480 e. The van der Waals surface area contributed by atoms with E-state index in [9.17, 15) is 39.0 Å². The van der Waals surface area contributed by atoms with Crippen LogP contribution in [0.1, 0.15) is 58.6 Å². The number of carboxylic acid groups (broad SMARTS) is 2. The average molecular weight is 738 g/mol. The fourth-order valence-electron chi connectivity index (χ4n) is 5.81. The molecule has 2 aromatic rings. The summed E-state index contributed by atoms with van der Waals surface area (Å²) in [6, 6.07) is 10.4. The highest BCUT2D eigenvalue weighted by atomic mass is 16.4. The molecule has 0 bridgehead atoms. The van der Waals surface area contributed by atoms with Gasteiger partial charge in [0.2, 0.25) is 17.7 Å². The number of urea groups is 1. The first-order valence-electron chi connectivity index (χ1n) is 17.9. The second-order valence-electron chi connectivity index (χ2n) is 15.3.